The minimum absolute atomic E-state index is 0.0434. The van der Waals surface area contributed by atoms with Gasteiger partial charge >= 0.3 is 0 Å². The average Bonchev–Trinajstić information content (AvgIpc) is 2.78. The average molecular weight is 430 g/mol. The lowest BCUT2D eigenvalue weighted by Crippen LogP contribution is -2.46. The van der Waals surface area contributed by atoms with E-state index in [2.05, 4.69) is 48.0 Å². The normalized spacial score (nSPS) is 15.7. The van der Waals surface area contributed by atoms with Crippen molar-refractivity contribution in [2.45, 2.75) is 33.1 Å². The fourth-order valence-electron chi connectivity index (χ4n) is 3.69. The minimum atomic E-state index is -0.197. The van der Waals surface area contributed by atoms with Gasteiger partial charge in [-0.3, -0.25) is 4.79 Å². The zero-order valence-electron chi connectivity index (χ0n) is 18.2. The summed E-state index contributed by atoms with van der Waals surface area (Å²) < 4.78 is 5.69. The second kappa shape index (κ2) is 10.7. The van der Waals surface area contributed by atoms with Crippen molar-refractivity contribution in [3.63, 3.8) is 0 Å². The third-order valence-electron chi connectivity index (χ3n) is 5.83. The maximum absolute atomic E-state index is 12.5. The van der Waals surface area contributed by atoms with Gasteiger partial charge in [0.15, 0.2) is 6.61 Å². The lowest BCUT2D eigenvalue weighted by atomic mass is 9.99. The van der Waals surface area contributed by atoms with E-state index < -0.39 is 0 Å². The summed E-state index contributed by atoms with van der Waals surface area (Å²) in [6, 6.07) is 13.6. The first-order chi connectivity index (χ1) is 14.5. The highest BCUT2D eigenvalue weighted by Gasteiger charge is 2.21. The molecular weight excluding hydrogens is 398 g/mol. The first-order valence-corrected chi connectivity index (χ1v) is 11.2. The van der Waals surface area contributed by atoms with Crippen LogP contribution in [0.4, 0.5) is 11.4 Å². The van der Waals surface area contributed by atoms with Gasteiger partial charge in [-0.05, 0) is 48.7 Å². The Morgan fingerprint density at radius 2 is 1.80 bits per heavy atom. The third kappa shape index (κ3) is 5.67. The van der Waals surface area contributed by atoms with Crippen molar-refractivity contribution in [3.05, 3.63) is 53.1 Å². The van der Waals surface area contributed by atoms with E-state index in [1.807, 2.05) is 30.3 Å². The molecule has 0 saturated carbocycles. The lowest BCUT2D eigenvalue weighted by Gasteiger charge is -2.36. The minimum Gasteiger partial charge on any atom is -0.484 e. The van der Waals surface area contributed by atoms with Gasteiger partial charge in [0.25, 0.3) is 5.91 Å². The molecule has 0 spiro atoms. The number of benzene rings is 2. The second-order valence-electron chi connectivity index (χ2n) is 7.77. The van der Waals surface area contributed by atoms with Gasteiger partial charge in [-0.1, -0.05) is 50.6 Å². The number of para-hydroxylation sites is 1. The number of anilines is 2. The SMILES string of the molecule is CCC(C)c1ccc(OCC(=O)Nc2cccc(Cl)c2N2CCN(CC)CC2)cc1. The molecule has 1 atom stereocenters. The predicted octanol–water partition coefficient (Wildman–Crippen LogP) is 5.01. The van der Waals surface area contributed by atoms with Gasteiger partial charge in [0.05, 0.1) is 16.4 Å². The molecule has 1 heterocycles. The molecule has 5 nitrogen and oxygen atoms in total. The van der Waals surface area contributed by atoms with Crippen molar-refractivity contribution in [3.8, 4) is 5.75 Å². The van der Waals surface area contributed by atoms with E-state index in [9.17, 15) is 4.79 Å². The molecule has 6 heteroatoms. The van der Waals surface area contributed by atoms with Gasteiger partial charge < -0.3 is 19.9 Å². The van der Waals surface area contributed by atoms with Crippen LogP contribution < -0.4 is 15.0 Å². The zero-order valence-corrected chi connectivity index (χ0v) is 18.9. The standard InChI is InChI=1S/C24H32ClN3O2/c1-4-18(3)19-9-11-20(12-10-19)30-17-23(29)26-22-8-6-7-21(25)24(22)28-15-13-27(5-2)14-16-28/h6-12,18H,4-5,13-17H2,1-3H3,(H,26,29). The van der Waals surface area contributed by atoms with E-state index in [-0.39, 0.29) is 12.5 Å². The summed E-state index contributed by atoms with van der Waals surface area (Å²) in [4.78, 5) is 17.2. The van der Waals surface area contributed by atoms with Gasteiger partial charge in [0.2, 0.25) is 0 Å². The molecule has 1 amide bonds. The van der Waals surface area contributed by atoms with Crippen molar-refractivity contribution < 1.29 is 9.53 Å². The monoisotopic (exact) mass is 429 g/mol. The molecule has 1 aliphatic heterocycles. The summed E-state index contributed by atoms with van der Waals surface area (Å²) in [6.07, 6.45) is 1.10. The van der Waals surface area contributed by atoms with Crippen LogP contribution in [0.15, 0.2) is 42.5 Å². The molecule has 1 saturated heterocycles. The highest BCUT2D eigenvalue weighted by atomic mass is 35.5. The Kier molecular flexibility index (Phi) is 8.00. The number of halogens is 1. The maximum Gasteiger partial charge on any atom is 0.262 e. The summed E-state index contributed by atoms with van der Waals surface area (Å²) in [6.45, 7) is 11.3. The van der Waals surface area contributed by atoms with E-state index >= 15 is 0 Å². The Balaban J connectivity index is 1.61. The number of carbonyl (C=O) groups is 1. The molecule has 0 bridgehead atoms. The first-order valence-electron chi connectivity index (χ1n) is 10.8. The van der Waals surface area contributed by atoms with Crippen LogP contribution in [-0.4, -0.2) is 50.1 Å². The molecule has 0 aliphatic carbocycles. The Morgan fingerprint density at radius 3 is 2.43 bits per heavy atom. The topological polar surface area (TPSA) is 44.8 Å². The van der Waals surface area contributed by atoms with Crippen molar-refractivity contribution >= 4 is 28.9 Å². The molecule has 0 radical (unpaired) electrons. The van der Waals surface area contributed by atoms with Crippen molar-refractivity contribution in [2.24, 2.45) is 0 Å². The van der Waals surface area contributed by atoms with Crippen LogP contribution in [0.2, 0.25) is 5.02 Å². The van der Waals surface area contributed by atoms with Gasteiger partial charge in [-0.2, -0.15) is 0 Å². The van der Waals surface area contributed by atoms with E-state index in [1.54, 1.807) is 0 Å². The largest absolute Gasteiger partial charge is 0.484 e. The van der Waals surface area contributed by atoms with Gasteiger partial charge in [0.1, 0.15) is 5.75 Å². The molecule has 2 aromatic rings. The smallest absolute Gasteiger partial charge is 0.262 e. The van der Waals surface area contributed by atoms with E-state index in [1.165, 1.54) is 5.56 Å². The van der Waals surface area contributed by atoms with Gasteiger partial charge in [-0.15, -0.1) is 0 Å². The molecular formula is C24H32ClN3O2. The summed E-state index contributed by atoms with van der Waals surface area (Å²) >= 11 is 6.50. The number of piperazine rings is 1. The highest BCUT2D eigenvalue weighted by Crippen LogP contribution is 2.34. The van der Waals surface area contributed by atoms with Gasteiger partial charge in [-0.25, -0.2) is 0 Å². The van der Waals surface area contributed by atoms with Crippen molar-refractivity contribution in [2.75, 3.05) is 49.5 Å². The maximum atomic E-state index is 12.5. The predicted molar refractivity (Wildman–Crippen MR) is 125 cm³/mol. The number of likely N-dealkylation sites (N-methyl/N-ethyl adjacent to an activating group) is 1. The third-order valence-corrected chi connectivity index (χ3v) is 6.13. The van der Waals surface area contributed by atoms with E-state index in [4.69, 9.17) is 16.3 Å². The number of rotatable bonds is 8. The summed E-state index contributed by atoms with van der Waals surface area (Å²) in [5, 5.41) is 3.63. The van der Waals surface area contributed by atoms with Crippen molar-refractivity contribution in [1.82, 2.24) is 4.90 Å². The zero-order chi connectivity index (χ0) is 21.5. The molecule has 0 aromatic heterocycles. The van der Waals surface area contributed by atoms with Crippen LogP contribution in [0.3, 0.4) is 0 Å². The molecule has 162 valence electrons. The number of nitrogens with one attached hydrogen (secondary N) is 1. The number of amides is 1. The Hall–Kier alpha value is -2.24. The van der Waals surface area contributed by atoms with E-state index in [0.29, 0.717) is 16.7 Å². The van der Waals surface area contributed by atoms with Crippen LogP contribution in [0.1, 0.15) is 38.7 Å². The number of ether oxygens (including phenoxy) is 1. The van der Waals surface area contributed by atoms with Crippen LogP contribution >= 0.6 is 11.6 Å². The molecule has 3 rings (SSSR count). The molecule has 30 heavy (non-hydrogen) atoms. The fraction of sp³-hybridized carbons (Fsp3) is 0.458. The van der Waals surface area contributed by atoms with Crippen LogP contribution in [0.5, 0.6) is 5.75 Å². The summed E-state index contributed by atoms with van der Waals surface area (Å²) in [5.74, 6) is 1.01. The molecule has 2 aromatic carbocycles. The number of nitrogens with zero attached hydrogens (tertiary/aromatic N) is 2. The molecule has 1 N–H and O–H groups in total. The number of carbonyl (C=O) groups excluding carboxylic acids is 1. The second-order valence-corrected chi connectivity index (χ2v) is 8.18. The molecule has 1 unspecified atom stereocenters. The van der Waals surface area contributed by atoms with Crippen LogP contribution in [0, 0.1) is 0 Å². The summed E-state index contributed by atoms with van der Waals surface area (Å²) in [5.41, 5.74) is 2.90. The lowest BCUT2D eigenvalue weighted by molar-refractivity contribution is -0.118. The van der Waals surface area contributed by atoms with Gasteiger partial charge in [0, 0.05) is 26.2 Å². The van der Waals surface area contributed by atoms with Crippen LogP contribution in [-0.2, 0) is 4.79 Å². The van der Waals surface area contributed by atoms with Crippen LogP contribution in [0.25, 0.3) is 0 Å². The van der Waals surface area contributed by atoms with E-state index in [0.717, 1.165) is 50.5 Å². The summed E-state index contributed by atoms with van der Waals surface area (Å²) in [7, 11) is 0. The van der Waals surface area contributed by atoms with Crippen molar-refractivity contribution in [1.29, 1.82) is 0 Å². The Bertz CT molecular complexity index is 833. The fourth-order valence-corrected chi connectivity index (χ4v) is 3.98. The Morgan fingerprint density at radius 1 is 1.10 bits per heavy atom. The molecule has 1 fully saturated rings. The number of hydrogen-bond acceptors (Lipinski definition) is 4. The quantitative estimate of drug-likeness (QED) is 0.640. The first kappa shape index (κ1) is 22.4. The highest BCUT2D eigenvalue weighted by molar-refractivity contribution is 6.34. The Labute approximate surface area is 185 Å². The molecule has 1 aliphatic rings. The number of hydrogen-bond donors (Lipinski definition) is 1.